The van der Waals surface area contributed by atoms with Crippen LogP contribution in [-0.4, -0.2) is 218 Å². The molecule has 4 amide bonds. The quantitative estimate of drug-likeness (QED) is 0.0611. The Bertz CT molecular complexity index is 3060. The second-order valence-electron chi connectivity index (χ2n) is 27.4. The number of hydrogen-bond acceptors (Lipinski definition) is 18. The third kappa shape index (κ3) is 35.8. The van der Waals surface area contributed by atoms with E-state index in [1.165, 1.54) is 12.0 Å². The van der Waals surface area contributed by atoms with Crippen molar-refractivity contribution >= 4 is 118 Å². The molecule has 4 aromatic heterocycles. The van der Waals surface area contributed by atoms with E-state index in [9.17, 15) is 24.3 Å². The number of piperidine rings is 1. The fourth-order valence-corrected chi connectivity index (χ4v) is 10.8. The van der Waals surface area contributed by atoms with Crippen molar-refractivity contribution in [2.75, 3.05) is 125 Å². The number of carbonyl (C=O) groups is 4. The van der Waals surface area contributed by atoms with Gasteiger partial charge in [-0.15, -0.1) is 25.6 Å². The molecular weight excluding hydrogens is 1540 g/mol. The Morgan fingerprint density at radius 2 is 0.776 bits per heavy atom. The van der Waals surface area contributed by atoms with Gasteiger partial charge in [-0.2, -0.15) is 0 Å². The highest BCUT2D eigenvalue weighted by molar-refractivity contribution is 9.11. The number of carbonyl (C=O) groups excluding carboxylic acids is 4. The number of amides is 4. The number of alkyl halides is 1. The van der Waals surface area contributed by atoms with Crippen molar-refractivity contribution in [3.63, 3.8) is 0 Å². The van der Waals surface area contributed by atoms with Gasteiger partial charge in [0.15, 0.2) is 0 Å². The third-order valence-corrected chi connectivity index (χ3v) is 16.2. The van der Waals surface area contributed by atoms with Crippen LogP contribution in [0.25, 0.3) is 0 Å². The predicted molar refractivity (Wildman–Crippen MR) is 411 cm³/mol. The zero-order valence-corrected chi connectivity index (χ0v) is 68.2. The van der Waals surface area contributed by atoms with Crippen LogP contribution < -0.4 is 14.7 Å². The second-order valence-corrected chi connectivity index (χ2v) is 30.6. The number of hydrogen-bond donors (Lipinski definition) is 3. The van der Waals surface area contributed by atoms with Gasteiger partial charge in [0.25, 0.3) is 0 Å². The lowest BCUT2D eigenvalue weighted by Crippen LogP contribution is -2.50. The van der Waals surface area contributed by atoms with E-state index in [2.05, 4.69) is 131 Å². The van der Waals surface area contributed by atoms with E-state index in [0.29, 0.717) is 58.8 Å². The number of aromatic nitrogens is 4. The molecule has 4 aromatic rings. The number of aliphatic hydroxyl groups excluding tert-OH is 3. The summed E-state index contributed by atoms with van der Waals surface area (Å²) < 4.78 is 24.4. The van der Waals surface area contributed by atoms with E-state index in [1.807, 2.05) is 134 Å². The maximum absolute atomic E-state index is 12.1. The topological polar surface area (TPSA) is 240 Å². The molecule has 98 heavy (non-hydrogen) atoms. The summed E-state index contributed by atoms with van der Waals surface area (Å²) in [5, 5.41) is 26.4. The van der Waals surface area contributed by atoms with Gasteiger partial charge in [-0.25, -0.2) is 39.1 Å². The Balaban J connectivity index is 0.000000617. The highest BCUT2D eigenvalue weighted by Crippen LogP contribution is 2.26. The molecule has 3 N–H and O–H groups in total. The molecule has 8 heterocycles. The van der Waals surface area contributed by atoms with Crippen molar-refractivity contribution < 1.29 is 53.4 Å². The highest BCUT2D eigenvalue weighted by atomic mass is 79.9. The lowest BCUT2D eigenvalue weighted by atomic mass is 10.1. The van der Waals surface area contributed by atoms with Gasteiger partial charge in [0.2, 0.25) is 0 Å². The molecule has 0 aromatic carbocycles. The van der Waals surface area contributed by atoms with Crippen molar-refractivity contribution in [3.05, 3.63) is 121 Å². The normalized spacial score (nSPS) is 15.0. The minimum atomic E-state index is -0.760. The van der Waals surface area contributed by atoms with E-state index in [0.717, 1.165) is 130 Å². The van der Waals surface area contributed by atoms with E-state index in [1.54, 1.807) is 38.1 Å². The first-order valence-corrected chi connectivity index (χ1v) is 36.3. The first kappa shape index (κ1) is 90.7. The number of halogens is 5. The monoisotopic (exact) mass is 1650 g/mol. The largest absolute Gasteiger partial charge is 0.444 e. The first-order valence-electron chi connectivity index (χ1n) is 32.8. The van der Waals surface area contributed by atoms with Crippen LogP contribution in [-0.2, 0) is 31.8 Å². The Kier molecular flexibility index (Phi) is 41.4. The number of aliphatic hydroxyl groups is 3. The second kappa shape index (κ2) is 44.8. The number of allylic oxidation sites excluding steroid dienone is 2. The summed E-state index contributed by atoms with van der Waals surface area (Å²) in [6.45, 7) is 47.7. The van der Waals surface area contributed by atoms with Crippen molar-refractivity contribution in [3.8, 4) is 0 Å². The molecule has 1 atom stereocenters. The average molecular weight is 1650 g/mol. The zero-order chi connectivity index (χ0) is 73.4. The SMILES string of the molecule is C=CCBr.C=CCc1cnc(N2CCN(C(=O)OC(C)(C)C)CC2)c(C)c1.CC(C)(C)OC(=O)N1CCCCC1.CO.Cc1cc(Br)cnc1Br.Cc1cc(Br)cnc1N1CCN(C(=O)OC(C)(C)C)CC1.Cc1cc(C[C@@H](O)CO)cnc1N1CCN(C(=O)OC(C)(C)C)CC1.Cl. The number of rotatable bonds is 9. The molecule has 8 rings (SSSR count). The van der Waals surface area contributed by atoms with Crippen LogP contribution in [0.2, 0.25) is 0 Å². The number of aryl methyl sites for hydroxylation is 4. The van der Waals surface area contributed by atoms with Gasteiger partial charge >= 0.3 is 24.4 Å². The van der Waals surface area contributed by atoms with Crippen molar-refractivity contribution in [1.82, 2.24) is 39.5 Å². The van der Waals surface area contributed by atoms with Crippen molar-refractivity contribution in [2.45, 2.75) is 171 Å². The van der Waals surface area contributed by atoms with Gasteiger partial charge in [-0.1, -0.05) is 40.2 Å². The Labute approximate surface area is 624 Å². The van der Waals surface area contributed by atoms with Crippen LogP contribution in [0, 0.1) is 27.7 Å². The maximum atomic E-state index is 12.1. The molecule has 27 heteroatoms. The fourth-order valence-electron chi connectivity index (χ4n) is 9.71. The third-order valence-electron chi connectivity index (χ3n) is 14.1. The molecule has 0 unspecified atom stereocenters. The number of anilines is 3. The van der Waals surface area contributed by atoms with Crippen LogP contribution in [0.4, 0.5) is 36.6 Å². The molecule has 0 spiro atoms. The lowest BCUT2D eigenvalue weighted by molar-refractivity contribution is 0.0209. The Morgan fingerprint density at radius 1 is 0.480 bits per heavy atom. The van der Waals surface area contributed by atoms with E-state index in [-0.39, 0.29) is 49.0 Å². The number of nitrogens with zero attached hydrogens (tertiary/aromatic N) is 11. The van der Waals surface area contributed by atoms with E-state index < -0.39 is 22.9 Å². The number of ether oxygens (including phenoxy) is 4. The molecule has 4 aliphatic heterocycles. The molecule has 0 radical (unpaired) electrons. The fraction of sp³-hybridized carbons (Fsp3) is 0.606. The van der Waals surface area contributed by atoms with Crippen LogP contribution >= 0.6 is 76.1 Å². The van der Waals surface area contributed by atoms with Gasteiger partial charge in [0.1, 0.15) is 44.5 Å². The predicted octanol–water partition coefficient (Wildman–Crippen LogP) is 14.6. The minimum absolute atomic E-state index is 0. The summed E-state index contributed by atoms with van der Waals surface area (Å²) in [4.78, 5) is 79.1. The molecule has 4 fully saturated rings. The molecule has 4 aliphatic rings. The lowest BCUT2D eigenvalue weighted by Gasteiger charge is -2.36. The molecule has 0 bridgehead atoms. The molecular formula is C71H112Br4ClN11O11. The first-order chi connectivity index (χ1) is 45.4. The number of piperazine rings is 3. The summed E-state index contributed by atoms with van der Waals surface area (Å²) in [7, 11) is 1.00. The minimum Gasteiger partial charge on any atom is -0.444 e. The van der Waals surface area contributed by atoms with Gasteiger partial charge in [-0.05, 0) is 230 Å². The van der Waals surface area contributed by atoms with Crippen LogP contribution in [0.3, 0.4) is 0 Å². The summed E-state index contributed by atoms with van der Waals surface area (Å²) >= 11 is 13.2. The summed E-state index contributed by atoms with van der Waals surface area (Å²) in [5.74, 6) is 2.88. The smallest absolute Gasteiger partial charge is 0.410 e. The molecule has 0 aliphatic carbocycles. The summed E-state index contributed by atoms with van der Waals surface area (Å²) in [6.07, 6.45) is 13.9. The number of pyridine rings is 4. The summed E-state index contributed by atoms with van der Waals surface area (Å²) in [5.41, 5.74) is 4.79. The highest BCUT2D eigenvalue weighted by Gasteiger charge is 2.31. The van der Waals surface area contributed by atoms with E-state index in [4.69, 9.17) is 29.2 Å². The zero-order valence-electron chi connectivity index (χ0n) is 61.1. The molecule has 552 valence electrons. The van der Waals surface area contributed by atoms with Gasteiger partial charge < -0.3 is 68.6 Å². The van der Waals surface area contributed by atoms with Gasteiger partial charge in [0.05, 0.1) is 12.7 Å². The summed E-state index contributed by atoms with van der Waals surface area (Å²) in [6, 6.07) is 8.21. The van der Waals surface area contributed by atoms with Gasteiger partial charge in [0, 0.05) is 144 Å². The van der Waals surface area contributed by atoms with Crippen LogP contribution in [0.1, 0.15) is 136 Å². The van der Waals surface area contributed by atoms with Crippen LogP contribution in [0.15, 0.2) is 87.9 Å². The average Bonchev–Trinajstić information content (AvgIpc) is 0.838. The van der Waals surface area contributed by atoms with Crippen molar-refractivity contribution in [1.29, 1.82) is 0 Å². The maximum Gasteiger partial charge on any atom is 0.410 e. The standard InChI is InChI=1S/C18H29N3O4.C18H27N3O2.C15H22BrN3O2.C10H19NO2.C6H5Br2N.C3H5Br.CH4O.ClH/c1-13-9-14(10-15(23)12-22)11-19-16(13)20-5-7-21(8-6-20)17(24)25-18(2,3)4;1-6-7-15-12-14(2)16(19-13-15)20-8-10-21(11-9-20)17(22)23-18(3,4)5;1-11-9-12(16)10-17-13(11)18-5-7-19(8-6-18)14(20)21-15(2,3)4;1-10(2,3)13-9(12)11-7-5-4-6-8-11;1-4-2-5(7)3-9-6(4)8;1-2-3-4;1-2;/h9,11,15,22-23H,5-8,10,12H2,1-4H3;6,12-13H,1,7-11H2,2-5H3;9-10H,5-8H2,1-4H3;4-8H2,1-3H3;2-3H,1H3;2H,1,3H2;2H,1H3;1H/t15-;;;;;;;/m1......./s1. The van der Waals surface area contributed by atoms with E-state index >= 15 is 0 Å². The van der Waals surface area contributed by atoms with Crippen molar-refractivity contribution in [2.24, 2.45) is 0 Å². The molecule has 4 saturated heterocycles. The number of likely N-dealkylation sites (tertiary alicyclic amines) is 1. The molecule has 0 saturated carbocycles. The Morgan fingerprint density at radius 3 is 1.06 bits per heavy atom. The Hall–Kier alpha value is -5.35. The molecule has 22 nitrogen and oxygen atoms in total. The van der Waals surface area contributed by atoms with Gasteiger partial charge in [-0.3, -0.25) is 0 Å². The van der Waals surface area contributed by atoms with Crippen LogP contribution in [0.5, 0.6) is 0 Å².